The Morgan fingerprint density at radius 2 is 1.42 bits per heavy atom. The van der Waals surface area contributed by atoms with Crippen LogP contribution in [0.5, 0.6) is 0 Å². The molecule has 1 N–H and O–H groups in total. The summed E-state index contributed by atoms with van der Waals surface area (Å²) in [4.78, 5) is 27.7. The van der Waals surface area contributed by atoms with Gasteiger partial charge < -0.3 is 10.2 Å². The monoisotopic (exact) mass is 474 g/mol. The molecule has 0 saturated heterocycles. The maximum absolute atomic E-state index is 13.3. The van der Waals surface area contributed by atoms with E-state index in [1.54, 1.807) is 11.0 Å². The van der Waals surface area contributed by atoms with Gasteiger partial charge in [-0.25, -0.2) is 0 Å². The van der Waals surface area contributed by atoms with Crippen LogP contribution in [0.3, 0.4) is 0 Å². The number of rotatable bonds is 9. The Hall–Kier alpha value is -4.44. The second kappa shape index (κ2) is 12.3. The van der Waals surface area contributed by atoms with E-state index in [1.165, 1.54) is 5.56 Å². The molecule has 0 radical (unpaired) electrons. The zero-order valence-corrected chi connectivity index (χ0v) is 20.4. The van der Waals surface area contributed by atoms with Crippen LogP contribution in [0.1, 0.15) is 27.8 Å². The van der Waals surface area contributed by atoms with Crippen molar-refractivity contribution in [2.75, 3.05) is 4.90 Å². The molecular formula is C32H30N2O2. The van der Waals surface area contributed by atoms with Crippen molar-refractivity contribution >= 4 is 23.6 Å². The number of benzene rings is 4. The lowest BCUT2D eigenvalue weighted by Crippen LogP contribution is -2.29. The van der Waals surface area contributed by atoms with Crippen LogP contribution in [-0.2, 0) is 29.1 Å². The van der Waals surface area contributed by atoms with Gasteiger partial charge >= 0.3 is 0 Å². The van der Waals surface area contributed by atoms with Gasteiger partial charge in [-0.2, -0.15) is 0 Å². The first-order valence-electron chi connectivity index (χ1n) is 12.1. The van der Waals surface area contributed by atoms with Crippen LogP contribution in [0.2, 0.25) is 0 Å². The van der Waals surface area contributed by atoms with E-state index in [-0.39, 0.29) is 18.2 Å². The van der Waals surface area contributed by atoms with Gasteiger partial charge in [-0.3, -0.25) is 9.59 Å². The fraction of sp³-hybridized carbons (Fsp3) is 0.125. The lowest BCUT2D eigenvalue weighted by molar-refractivity contribution is -0.120. The van der Waals surface area contributed by atoms with Crippen LogP contribution in [0.15, 0.2) is 115 Å². The first-order valence-corrected chi connectivity index (χ1v) is 12.1. The number of hydrogen-bond acceptors (Lipinski definition) is 2. The van der Waals surface area contributed by atoms with E-state index < -0.39 is 0 Å². The van der Waals surface area contributed by atoms with Crippen LogP contribution < -0.4 is 10.2 Å². The second-order valence-electron chi connectivity index (χ2n) is 8.77. The summed E-state index contributed by atoms with van der Waals surface area (Å²) in [7, 11) is 0. The Morgan fingerprint density at radius 3 is 2.17 bits per heavy atom. The summed E-state index contributed by atoms with van der Waals surface area (Å²) >= 11 is 0. The maximum Gasteiger partial charge on any atom is 0.251 e. The average molecular weight is 475 g/mol. The van der Waals surface area contributed by atoms with Crippen molar-refractivity contribution in [3.63, 3.8) is 0 Å². The van der Waals surface area contributed by atoms with Crippen molar-refractivity contribution in [2.24, 2.45) is 0 Å². The van der Waals surface area contributed by atoms with E-state index in [2.05, 4.69) is 11.4 Å². The van der Waals surface area contributed by atoms with E-state index in [1.807, 2.05) is 116 Å². The molecule has 0 heterocycles. The van der Waals surface area contributed by atoms with E-state index in [0.717, 1.165) is 27.9 Å². The van der Waals surface area contributed by atoms with Crippen molar-refractivity contribution in [3.8, 4) is 0 Å². The zero-order valence-electron chi connectivity index (χ0n) is 20.4. The SMILES string of the molecule is Cc1cccc(CNC(=O)Cc2cccc(N(Cc3ccccc3)C(=O)C=Cc3ccccc3)c2)c1. The number of carbonyl (C=O) groups is 2. The third-order valence-electron chi connectivity index (χ3n) is 5.83. The molecular weight excluding hydrogens is 444 g/mol. The summed E-state index contributed by atoms with van der Waals surface area (Å²) in [6, 6.07) is 35.4. The Bertz CT molecular complexity index is 1330. The number of nitrogens with zero attached hydrogens (tertiary/aromatic N) is 1. The fourth-order valence-corrected chi connectivity index (χ4v) is 3.99. The average Bonchev–Trinajstić information content (AvgIpc) is 2.90. The highest BCUT2D eigenvalue weighted by Crippen LogP contribution is 2.21. The Labute approximate surface area is 212 Å². The minimum Gasteiger partial charge on any atom is -0.352 e. The van der Waals surface area contributed by atoms with Gasteiger partial charge in [0.1, 0.15) is 0 Å². The van der Waals surface area contributed by atoms with Crippen molar-refractivity contribution in [1.82, 2.24) is 5.32 Å². The molecule has 4 aromatic rings. The predicted molar refractivity (Wildman–Crippen MR) is 146 cm³/mol. The largest absolute Gasteiger partial charge is 0.352 e. The van der Waals surface area contributed by atoms with Gasteiger partial charge in [0.2, 0.25) is 5.91 Å². The van der Waals surface area contributed by atoms with Crippen LogP contribution in [0.4, 0.5) is 5.69 Å². The van der Waals surface area contributed by atoms with Gasteiger partial charge in [0.05, 0.1) is 13.0 Å². The minimum absolute atomic E-state index is 0.0569. The Kier molecular flexibility index (Phi) is 8.44. The molecule has 0 aromatic heterocycles. The van der Waals surface area contributed by atoms with E-state index in [9.17, 15) is 9.59 Å². The van der Waals surface area contributed by atoms with Crippen LogP contribution >= 0.6 is 0 Å². The Balaban J connectivity index is 1.49. The molecule has 0 aliphatic rings. The van der Waals surface area contributed by atoms with Gasteiger partial charge in [0.15, 0.2) is 0 Å². The normalized spacial score (nSPS) is 10.8. The van der Waals surface area contributed by atoms with Crippen molar-refractivity contribution in [2.45, 2.75) is 26.4 Å². The quantitative estimate of drug-likeness (QED) is 0.298. The maximum atomic E-state index is 13.3. The molecule has 0 aliphatic heterocycles. The second-order valence-corrected chi connectivity index (χ2v) is 8.77. The van der Waals surface area contributed by atoms with Crippen molar-refractivity contribution in [3.05, 3.63) is 143 Å². The topological polar surface area (TPSA) is 49.4 Å². The van der Waals surface area contributed by atoms with Crippen molar-refractivity contribution < 1.29 is 9.59 Å². The van der Waals surface area contributed by atoms with E-state index in [4.69, 9.17) is 0 Å². The number of carbonyl (C=O) groups excluding carboxylic acids is 2. The molecule has 0 unspecified atom stereocenters. The molecule has 0 spiro atoms. The minimum atomic E-state index is -0.122. The lowest BCUT2D eigenvalue weighted by atomic mass is 10.1. The number of aryl methyl sites for hydroxylation is 1. The lowest BCUT2D eigenvalue weighted by Gasteiger charge is -2.22. The highest BCUT2D eigenvalue weighted by molar-refractivity contribution is 6.03. The predicted octanol–water partition coefficient (Wildman–Crippen LogP) is 6.10. The third kappa shape index (κ3) is 7.28. The summed E-state index contributed by atoms with van der Waals surface area (Å²) in [5, 5.41) is 2.99. The smallest absolute Gasteiger partial charge is 0.251 e. The van der Waals surface area contributed by atoms with E-state index in [0.29, 0.717) is 13.1 Å². The van der Waals surface area contributed by atoms with E-state index >= 15 is 0 Å². The third-order valence-corrected chi connectivity index (χ3v) is 5.83. The van der Waals surface area contributed by atoms with Crippen molar-refractivity contribution in [1.29, 1.82) is 0 Å². The molecule has 36 heavy (non-hydrogen) atoms. The molecule has 4 nitrogen and oxygen atoms in total. The molecule has 0 fully saturated rings. The zero-order chi connectivity index (χ0) is 25.2. The van der Waals surface area contributed by atoms with Gasteiger partial charge in [0, 0.05) is 18.3 Å². The number of anilines is 1. The number of amides is 2. The molecule has 0 saturated carbocycles. The first kappa shape index (κ1) is 24.7. The highest BCUT2D eigenvalue weighted by Gasteiger charge is 2.15. The molecule has 2 amide bonds. The van der Waals surface area contributed by atoms with Crippen LogP contribution in [-0.4, -0.2) is 11.8 Å². The summed E-state index contributed by atoms with van der Waals surface area (Å²) in [5.74, 6) is -0.178. The van der Waals surface area contributed by atoms with Crippen LogP contribution in [0, 0.1) is 6.92 Å². The fourth-order valence-electron chi connectivity index (χ4n) is 3.99. The summed E-state index contributed by atoms with van der Waals surface area (Å²) in [6.07, 6.45) is 3.66. The van der Waals surface area contributed by atoms with Gasteiger partial charge in [-0.15, -0.1) is 0 Å². The summed E-state index contributed by atoms with van der Waals surface area (Å²) in [5.41, 5.74) is 5.84. The molecule has 4 rings (SSSR count). The molecule has 0 atom stereocenters. The number of nitrogens with one attached hydrogen (secondary N) is 1. The molecule has 4 heteroatoms. The van der Waals surface area contributed by atoms with Crippen LogP contribution in [0.25, 0.3) is 6.08 Å². The molecule has 180 valence electrons. The highest BCUT2D eigenvalue weighted by atomic mass is 16.2. The molecule has 0 bridgehead atoms. The Morgan fingerprint density at radius 1 is 0.750 bits per heavy atom. The molecule has 0 aliphatic carbocycles. The number of hydrogen-bond donors (Lipinski definition) is 1. The standard InChI is InChI=1S/C32H30N2O2/c1-25-10-8-16-29(20-25)23-33-31(35)22-28-15-9-17-30(21-28)34(24-27-13-6-3-7-14-27)32(36)19-18-26-11-4-2-5-12-26/h2-21H,22-24H2,1H3,(H,33,35). The van der Waals surface area contributed by atoms with Gasteiger partial charge in [-0.05, 0) is 47.4 Å². The van der Waals surface area contributed by atoms with Gasteiger partial charge in [0.25, 0.3) is 5.91 Å². The van der Waals surface area contributed by atoms with Gasteiger partial charge in [-0.1, -0.05) is 103 Å². The summed E-state index contributed by atoms with van der Waals surface area (Å²) in [6.45, 7) is 2.96. The summed E-state index contributed by atoms with van der Waals surface area (Å²) < 4.78 is 0. The molecule has 4 aromatic carbocycles. The first-order chi connectivity index (χ1) is 17.6.